The molecule has 24 heavy (non-hydrogen) atoms. The van der Waals surface area contributed by atoms with Gasteiger partial charge in [-0.3, -0.25) is 0 Å². The van der Waals surface area contributed by atoms with Crippen molar-refractivity contribution in [2.45, 2.75) is 40.0 Å². The van der Waals surface area contributed by atoms with E-state index in [-0.39, 0.29) is 37.3 Å². The zero-order valence-corrected chi connectivity index (χ0v) is 16.8. The Morgan fingerprint density at radius 3 is 0.917 bits per heavy atom. The fourth-order valence-corrected chi connectivity index (χ4v) is 6.78. The molecule has 0 radical (unpaired) electrons. The maximum absolute atomic E-state index is 12.3. The first-order valence-corrected chi connectivity index (χ1v) is 12.8. The van der Waals surface area contributed by atoms with Crippen molar-refractivity contribution < 1.29 is 25.3 Å². The quantitative estimate of drug-likeness (QED) is 0.534. The molecule has 0 unspecified atom stereocenters. The van der Waals surface area contributed by atoms with Crippen LogP contribution in [0.4, 0.5) is 0 Å². The highest BCUT2D eigenvalue weighted by Crippen LogP contribution is 2.20. The average Bonchev–Trinajstić information content (AvgIpc) is 2.46. The molecule has 0 bridgehead atoms. The minimum Gasteiger partial charge on any atom is -0.212 e. The van der Waals surface area contributed by atoms with Crippen LogP contribution in [-0.4, -0.2) is 75.4 Å². The molecule has 0 aromatic carbocycles. The van der Waals surface area contributed by atoms with Crippen molar-refractivity contribution in [3.8, 4) is 0 Å². The molecule has 0 aromatic heterocycles. The summed E-state index contributed by atoms with van der Waals surface area (Å²) >= 11 is 0. The Kier molecular flexibility index (Phi) is 7.63. The molecule has 144 valence electrons. The van der Waals surface area contributed by atoms with Gasteiger partial charge >= 0.3 is 0 Å². The summed E-state index contributed by atoms with van der Waals surface area (Å²) in [6.45, 7) is 4.05. The summed E-state index contributed by atoms with van der Waals surface area (Å²) in [6, 6.07) is 0. The number of hydrogen-bond acceptors (Lipinski definition) is 6. The van der Waals surface area contributed by atoms with Gasteiger partial charge in [0.2, 0.25) is 30.1 Å². The van der Waals surface area contributed by atoms with Gasteiger partial charge in [-0.25, -0.2) is 25.3 Å². The van der Waals surface area contributed by atoms with Crippen LogP contribution in [0.5, 0.6) is 0 Å². The fourth-order valence-electron chi connectivity index (χ4n) is 2.35. The summed E-state index contributed by atoms with van der Waals surface area (Å²) in [5, 5.41) is 0. The normalized spacial score (nSPS) is 19.6. The third-order valence-corrected chi connectivity index (χ3v) is 9.34. The first kappa shape index (κ1) is 21.8. The standard InChI is InChI=1S/C12H27N3O6S3/c1-4-7-22(16,17)13-10-14(23(18,19)8-5-2)12-15(11-13)24(20,21)9-6-3/h4-12H2,1-3H3. The lowest BCUT2D eigenvalue weighted by Gasteiger charge is -2.39. The second-order valence-corrected chi connectivity index (χ2v) is 12.0. The second kappa shape index (κ2) is 8.41. The molecule has 12 heteroatoms. The van der Waals surface area contributed by atoms with Crippen LogP contribution in [0.3, 0.4) is 0 Å². The molecule has 1 rings (SSSR count). The fraction of sp³-hybridized carbons (Fsp3) is 1.00. The summed E-state index contributed by atoms with van der Waals surface area (Å²) in [5.74, 6) is -0.469. The van der Waals surface area contributed by atoms with Gasteiger partial charge in [0, 0.05) is 0 Å². The van der Waals surface area contributed by atoms with E-state index in [1.165, 1.54) is 0 Å². The molecule has 0 spiro atoms. The summed E-state index contributed by atoms with van der Waals surface area (Å²) in [5.41, 5.74) is 0. The van der Waals surface area contributed by atoms with Crippen LogP contribution in [0.2, 0.25) is 0 Å². The molecular weight excluding hydrogens is 378 g/mol. The van der Waals surface area contributed by atoms with Crippen LogP contribution in [0, 0.1) is 0 Å². The van der Waals surface area contributed by atoms with Gasteiger partial charge in [-0.15, -0.1) is 0 Å². The van der Waals surface area contributed by atoms with Crippen molar-refractivity contribution >= 4 is 30.1 Å². The zero-order valence-electron chi connectivity index (χ0n) is 14.4. The zero-order chi connectivity index (χ0) is 18.6. The molecule has 1 aliphatic heterocycles. The van der Waals surface area contributed by atoms with Gasteiger partial charge in [-0.1, -0.05) is 20.8 Å². The van der Waals surface area contributed by atoms with E-state index in [0.717, 1.165) is 12.9 Å². The molecule has 1 saturated heterocycles. The van der Waals surface area contributed by atoms with Gasteiger partial charge in [0.1, 0.15) is 0 Å². The Balaban J connectivity index is 3.21. The number of sulfonamides is 3. The summed E-state index contributed by atoms with van der Waals surface area (Å²) in [7, 11) is -11.2. The van der Waals surface area contributed by atoms with Crippen LogP contribution >= 0.6 is 0 Å². The molecule has 0 aliphatic carbocycles. The van der Waals surface area contributed by atoms with Gasteiger partial charge in [0.25, 0.3) is 0 Å². The lowest BCUT2D eigenvalue weighted by Crippen LogP contribution is -2.60. The molecule has 0 amide bonds. The van der Waals surface area contributed by atoms with Crippen LogP contribution in [-0.2, 0) is 30.1 Å². The van der Waals surface area contributed by atoms with Crippen molar-refractivity contribution in [1.82, 2.24) is 12.9 Å². The average molecular weight is 406 g/mol. The van der Waals surface area contributed by atoms with E-state index < -0.39 is 30.1 Å². The van der Waals surface area contributed by atoms with E-state index in [1.807, 2.05) is 0 Å². The first-order chi connectivity index (χ1) is 11.0. The Bertz CT molecular complexity index is 611. The Hall–Kier alpha value is -0.270. The van der Waals surface area contributed by atoms with E-state index in [4.69, 9.17) is 0 Å². The lowest BCUT2D eigenvalue weighted by molar-refractivity contribution is 0.127. The van der Waals surface area contributed by atoms with Crippen molar-refractivity contribution in [3.05, 3.63) is 0 Å². The molecule has 9 nitrogen and oxygen atoms in total. The van der Waals surface area contributed by atoms with Crippen LogP contribution in [0.25, 0.3) is 0 Å². The lowest BCUT2D eigenvalue weighted by atomic mass is 10.6. The predicted molar refractivity (Wildman–Crippen MR) is 92.4 cm³/mol. The molecule has 0 saturated carbocycles. The van der Waals surface area contributed by atoms with Crippen LogP contribution in [0.1, 0.15) is 40.0 Å². The SMILES string of the molecule is CCCS(=O)(=O)N1CN(S(=O)(=O)CCC)CN(S(=O)(=O)CCC)C1. The highest BCUT2D eigenvalue weighted by molar-refractivity contribution is 7.90. The molecule has 0 N–H and O–H groups in total. The second-order valence-electron chi connectivity index (χ2n) is 5.73. The summed E-state index contributed by atoms with van der Waals surface area (Å²) in [4.78, 5) is 0. The van der Waals surface area contributed by atoms with E-state index in [1.54, 1.807) is 20.8 Å². The van der Waals surface area contributed by atoms with Gasteiger partial charge < -0.3 is 0 Å². The highest BCUT2D eigenvalue weighted by Gasteiger charge is 2.39. The van der Waals surface area contributed by atoms with Crippen molar-refractivity contribution in [2.24, 2.45) is 0 Å². The van der Waals surface area contributed by atoms with E-state index in [2.05, 4.69) is 0 Å². The van der Waals surface area contributed by atoms with E-state index >= 15 is 0 Å². The molecule has 1 fully saturated rings. The summed E-state index contributed by atoms with van der Waals surface area (Å²) in [6.07, 6.45) is 1.09. The Labute approximate surface area is 145 Å². The minimum absolute atomic E-state index is 0.156. The topological polar surface area (TPSA) is 112 Å². The maximum Gasteiger partial charge on any atom is 0.216 e. The minimum atomic E-state index is -3.73. The van der Waals surface area contributed by atoms with Gasteiger partial charge in [0.15, 0.2) is 0 Å². The maximum atomic E-state index is 12.3. The smallest absolute Gasteiger partial charge is 0.212 e. The largest absolute Gasteiger partial charge is 0.216 e. The molecule has 0 atom stereocenters. The molecule has 0 aromatic rings. The number of rotatable bonds is 9. The number of nitrogens with zero attached hydrogens (tertiary/aromatic N) is 3. The van der Waals surface area contributed by atoms with Gasteiger partial charge in [-0.05, 0) is 19.3 Å². The van der Waals surface area contributed by atoms with Crippen molar-refractivity contribution in [2.75, 3.05) is 37.3 Å². The number of hydrogen-bond donors (Lipinski definition) is 0. The third kappa shape index (κ3) is 5.36. The monoisotopic (exact) mass is 405 g/mol. The third-order valence-electron chi connectivity index (χ3n) is 3.51. The molecule has 1 heterocycles. The van der Waals surface area contributed by atoms with Crippen molar-refractivity contribution in [3.63, 3.8) is 0 Å². The Morgan fingerprint density at radius 2 is 0.750 bits per heavy atom. The first-order valence-electron chi connectivity index (χ1n) is 7.93. The predicted octanol–water partition coefficient (Wildman–Crippen LogP) is -0.00210. The Morgan fingerprint density at radius 1 is 0.542 bits per heavy atom. The highest BCUT2D eigenvalue weighted by atomic mass is 32.2. The molecular formula is C12H27N3O6S3. The van der Waals surface area contributed by atoms with E-state index in [9.17, 15) is 25.3 Å². The van der Waals surface area contributed by atoms with E-state index in [0.29, 0.717) is 19.3 Å². The van der Waals surface area contributed by atoms with Crippen molar-refractivity contribution in [1.29, 1.82) is 0 Å². The van der Waals surface area contributed by atoms with Gasteiger partial charge in [-0.2, -0.15) is 12.9 Å². The van der Waals surface area contributed by atoms with Crippen LogP contribution < -0.4 is 0 Å². The molecule has 1 aliphatic rings. The summed E-state index contributed by atoms with van der Waals surface area (Å²) < 4.78 is 76.8. The van der Waals surface area contributed by atoms with Gasteiger partial charge in [0.05, 0.1) is 37.3 Å². The van der Waals surface area contributed by atoms with Crippen LogP contribution in [0.15, 0.2) is 0 Å².